The maximum atomic E-state index is 14.2. The average Bonchev–Trinajstić information content (AvgIpc) is 2.63. The van der Waals surface area contributed by atoms with E-state index in [1.54, 1.807) is 30.3 Å². The molecule has 0 fully saturated rings. The lowest BCUT2D eigenvalue weighted by Crippen LogP contribution is -2.32. The molecule has 0 saturated carbocycles. The van der Waals surface area contributed by atoms with Gasteiger partial charge in [0.1, 0.15) is 18.8 Å². The van der Waals surface area contributed by atoms with Crippen molar-refractivity contribution in [2.24, 2.45) is 0 Å². The van der Waals surface area contributed by atoms with E-state index in [0.717, 1.165) is 0 Å². The quantitative estimate of drug-likeness (QED) is 0.695. The van der Waals surface area contributed by atoms with Crippen LogP contribution in [0.1, 0.15) is 0 Å². The van der Waals surface area contributed by atoms with Gasteiger partial charge in [-0.1, -0.05) is 6.07 Å². The maximum Gasteiger partial charge on any atom is 0.163 e. The third kappa shape index (κ3) is 2.98. The third-order valence-electron chi connectivity index (χ3n) is 3.83. The van der Waals surface area contributed by atoms with Gasteiger partial charge in [0, 0.05) is 11.5 Å². The number of fused-ring (bicyclic) bond motifs is 2. The van der Waals surface area contributed by atoms with Crippen molar-refractivity contribution in [2.75, 3.05) is 18.5 Å². The fraction of sp³-hybridized carbons (Fsp3) is 0.176. The van der Waals surface area contributed by atoms with E-state index in [0.29, 0.717) is 32.7 Å². The molecule has 4 rings (SSSR count). The molecule has 8 heteroatoms. The average molecular weight is 406 g/mol. The number of nitrogens with one attached hydrogen (secondary N) is 1. The van der Waals surface area contributed by atoms with Crippen LogP contribution in [-0.2, 0) is 0 Å². The second kappa shape index (κ2) is 6.45. The monoisotopic (exact) mass is 405 g/mol. The van der Waals surface area contributed by atoms with Crippen molar-refractivity contribution >= 4 is 38.3 Å². The summed E-state index contributed by atoms with van der Waals surface area (Å²) in [5.74, 6) is 1.08. The first kappa shape index (κ1) is 16.0. The summed E-state index contributed by atoms with van der Waals surface area (Å²) in [5, 5.41) is 12.9. The number of hydrogen-bond donors (Lipinski definition) is 2. The van der Waals surface area contributed by atoms with Crippen LogP contribution in [0.15, 0.2) is 41.1 Å². The second-order valence-corrected chi connectivity index (χ2v) is 6.35. The van der Waals surface area contributed by atoms with Crippen LogP contribution >= 0.6 is 15.9 Å². The Morgan fingerprint density at radius 1 is 1.28 bits per heavy atom. The van der Waals surface area contributed by atoms with Gasteiger partial charge in [0.15, 0.2) is 23.4 Å². The van der Waals surface area contributed by atoms with Gasteiger partial charge in [-0.05, 0) is 34.1 Å². The Kier molecular flexibility index (Phi) is 4.14. The SMILES string of the molecule is OCC1COc2cc3ncnc(Nc4cccc(Br)c4F)c3cc2O1. The third-order valence-corrected chi connectivity index (χ3v) is 4.44. The fourth-order valence-electron chi connectivity index (χ4n) is 2.58. The van der Waals surface area contributed by atoms with Gasteiger partial charge in [0.25, 0.3) is 0 Å². The van der Waals surface area contributed by atoms with E-state index in [1.165, 1.54) is 6.33 Å². The van der Waals surface area contributed by atoms with Crippen LogP contribution in [0.5, 0.6) is 11.5 Å². The van der Waals surface area contributed by atoms with Crippen molar-refractivity contribution in [2.45, 2.75) is 6.10 Å². The number of anilines is 2. The molecule has 1 unspecified atom stereocenters. The standard InChI is InChI=1S/C17H13BrFN3O3/c18-11-2-1-3-12(16(11)19)22-17-10-4-15-14(5-13(10)20-8-21-17)24-7-9(6-23)25-15/h1-5,8-9,23H,6-7H2,(H,20,21,22). The number of ether oxygens (including phenoxy) is 2. The van der Waals surface area contributed by atoms with Crippen molar-refractivity contribution in [3.05, 3.63) is 46.9 Å². The number of halogens is 2. The van der Waals surface area contributed by atoms with Gasteiger partial charge in [-0.3, -0.25) is 0 Å². The Hall–Kier alpha value is -2.45. The molecule has 0 aliphatic carbocycles. The zero-order valence-electron chi connectivity index (χ0n) is 12.9. The number of rotatable bonds is 3. The normalized spacial score (nSPS) is 16.0. The molecule has 2 N–H and O–H groups in total. The predicted molar refractivity (Wildman–Crippen MR) is 93.9 cm³/mol. The predicted octanol–water partition coefficient (Wildman–Crippen LogP) is 3.41. The highest BCUT2D eigenvalue weighted by Crippen LogP contribution is 2.37. The molecule has 0 spiro atoms. The molecular weight excluding hydrogens is 393 g/mol. The Morgan fingerprint density at radius 2 is 2.16 bits per heavy atom. The Balaban J connectivity index is 1.78. The van der Waals surface area contributed by atoms with E-state index in [-0.39, 0.29) is 18.9 Å². The number of aromatic nitrogens is 2. The largest absolute Gasteiger partial charge is 0.486 e. The summed E-state index contributed by atoms with van der Waals surface area (Å²) >= 11 is 3.16. The molecule has 2 aromatic carbocycles. The Labute approximate surface area is 150 Å². The highest BCUT2D eigenvalue weighted by molar-refractivity contribution is 9.10. The minimum absolute atomic E-state index is 0.142. The molecule has 128 valence electrons. The molecule has 0 amide bonds. The van der Waals surface area contributed by atoms with Gasteiger partial charge in [0.05, 0.1) is 22.3 Å². The van der Waals surface area contributed by atoms with E-state index in [4.69, 9.17) is 9.47 Å². The summed E-state index contributed by atoms with van der Waals surface area (Å²) < 4.78 is 25.9. The first-order chi connectivity index (χ1) is 12.2. The molecule has 2 heterocycles. The lowest BCUT2D eigenvalue weighted by atomic mass is 10.2. The van der Waals surface area contributed by atoms with E-state index in [2.05, 4.69) is 31.2 Å². The second-order valence-electron chi connectivity index (χ2n) is 5.50. The fourth-order valence-corrected chi connectivity index (χ4v) is 2.95. The Morgan fingerprint density at radius 3 is 3.00 bits per heavy atom. The number of hydrogen-bond acceptors (Lipinski definition) is 6. The van der Waals surface area contributed by atoms with Crippen LogP contribution in [0.4, 0.5) is 15.9 Å². The molecule has 0 bridgehead atoms. The van der Waals surface area contributed by atoms with Crippen LogP contribution < -0.4 is 14.8 Å². The molecule has 1 aliphatic heterocycles. The van der Waals surface area contributed by atoms with Crippen molar-refractivity contribution in [1.29, 1.82) is 0 Å². The molecular formula is C17H13BrFN3O3. The lowest BCUT2D eigenvalue weighted by molar-refractivity contribution is 0.0459. The molecule has 0 radical (unpaired) electrons. The number of nitrogens with zero attached hydrogens (tertiary/aromatic N) is 2. The summed E-state index contributed by atoms with van der Waals surface area (Å²) in [7, 11) is 0. The van der Waals surface area contributed by atoms with Gasteiger partial charge < -0.3 is 19.9 Å². The van der Waals surface area contributed by atoms with Crippen molar-refractivity contribution in [3.8, 4) is 11.5 Å². The van der Waals surface area contributed by atoms with Crippen LogP contribution in [0.2, 0.25) is 0 Å². The van der Waals surface area contributed by atoms with Crippen LogP contribution in [0, 0.1) is 5.82 Å². The van der Waals surface area contributed by atoms with E-state index in [1.807, 2.05) is 0 Å². The molecule has 1 aliphatic rings. The molecule has 0 saturated heterocycles. The number of aliphatic hydroxyl groups is 1. The summed E-state index contributed by atoms with van der Waals surface area (Å²) in [6.07, 6.45) is 0.973. The zero-order chi connectivity index (χ0) is 17.4. The zero-order valence-corrected chi connectivity index (χ0v) is 14.5. The van der Waals surface area contributed by atoms with Crippen molar-refractivity contribution in [1.82, 2.24) is 9.97 Å². The topological polar surface area (TPSA) is 76.5 Å². The maximum absolute atomic E-state index is 14.2. The van der Waals surface area contributed by atoms with Gasteiger partial charge in [-0.2, -0.15) is 0 Å². The van der Waals surface area contributed by atoms with E-state index in [9.17, 15) is 9.50 Å². The highest BCUT2D eigenvalue weighted by Gasteiger charge is 2.22. The highest BCUT2D eigenvalue weighted by atomic mass is 79.9. The number of aliphatic hydroxyl groups excluding tert-OH is 1. The first-order valence-corrected chi connectivity index (χ1v) is 8.35. The van der Waals surface area contributed by atoms with Crippen molar-refractivity contribution < 1.29 is 19.0 Å². The number of benzene rings is 2. The summed E-state index contributed by atoms with van der Waals surface area (Å²) in [6.45, 7) is 0.131. The van der Waals surface area contributed by atoms with E-state index < -0.39 is 11.9 Å². The first-order valence-electron chi connectivity index (χ1n) is 7.56. The van der Waals surface area contributed by atoms with Gasteiger partial charge >= 0.3 is 0 Å². The molecule has 3 aromatic rings. The van der Waals surface area contributed by atoms with Gasteiger partial charge in [-0.25, -0.2) is 14.4 Å². The minimum Gasteiger partial charge on any atom is -0.486 e. The van der Waals surface area contributed by atoms with Gasteiger partial charge in [-0.15, -0.1) is 0 Å². The van der Waals surface area contributed by atoms with Crippen molar-refractivity contribution in [3.63, 3.8) is 0 Å². The van der Waals surface area contributed by atoms with Crippen LogP contribution in [0.3, 0.4) is 0 Å². The lowest BCUT2D eigenvalue weighted by Gasteiger charge is -2.25. The summed E-state index contributed by atoms with van der Waals surface area (Å²) in [5.41, 5.74) is 0.926. The summed E-state index contributed by atoms with van der Waals surface area (Å²) in [6, 6.07) is 8.43. The summed E-state index contributed by atoms with van der Waals surface area (Å²) in [4.78, 5) is 8.44. The van der Waals surface area contributed by atoms with Gasteiger partial charge in [0.2, 0.25) is 0 Å². The molecule has 1 aromatic heterocycles. The smallest absolute Gasteiger partial charge is 0.163 e. The van der Waals surface area contributed by atoms with Crippen LogP contribution in [0.25, 0.3) is 10.9 Å². The molecule has 1 atom stereocenters. The minimum atomic E-state index is -0.423. The Bertz CT molecular complexity index is 954. The van der Waals surface area contributed by atoms with Crippen LogP contribution in [-0.4, -0.2) is 34.4 Å². The molecule has 6 nitrogen and oxygen atoms in total. The van der Waals surface area contributed by atoms with E-state index >= 15 is 0 Å². The molecule has 25 heavy (non-hydrogen) atoms.